The van der Waals surface area contributed by atoms with E-state index in [4.69, 9.17) is 5.73 Å². The average Bonchev–Trinajstić information content (AvgIpc) is 2.85. The molecule has 0 spiro atoms. The SMILES string of the molecule is CC(N)C(Sc1nnc(N(C)C)s1)c1ccccn1. The van der Waals surface area contributed by atoms with E-state index in [1.54, 1.807) is 29.3 Å². The van der Waals surface area contributed by atoms with Crippen molar-refractivity contribution in [3.05, 3.63) is 30.1 Å². The molecule has 2 unspecified atom stereocenters. The van der Waals surface area contributed by atoms with Crippen molar-refractivity contribution in [2.45, 2.75) is 22.6 Å². The molecule has 2 aromatic rings. The predicted octanol–water partition coefficient (Wildman–Crippen LogP) is 2.18. The molecule has 0 amide bonds. The van der Waals surface area contributed by atoms with Gasteiger partial charge in [-0.3, -0.25) is 4.98 Å². The summed E-state index contributed by atoms with van der Waals surface area (Å²) in [6.45, 7) is 1.99. The largest absolute Gasteiger partial charge is 0.353 e. The smallest absolute Gasteiger partial charge is 0.208 e. The third kappa shape index (κ3) is 3.65. The van der Waals surface area contributed by atoms with E-state index in [-0.39, 0.29) is 11.3 Å². The molecule has 0 aliphatic rings. The Morgan fingerprint density at radius 1 is 1.32 bits per heavy atom. The molecular formula is C12H17N5S2. The van der Waals surface area contributed by atoms with Crippen LogP contribution in [0.5, 0.6) is 0 Å². The monoisotopic (exact) mass is 295 g/mol. The second kappa shape index (κ2) is 6.31. The molecule has 2 atom stereocenters. The lowest BCUT2D eigenvalue weighted by Crippen LogP contribution is -2.23. The Hall–Kier alpha value is -1.18. The first-order chi connectivity index (χ1) is 9.08. The van der Waals surface area contributed by atoms with Gasteiger partial charge in [-0.1, -0.05) is 29.2 Å². The predicted molar refractivity (Wildman–Crippen MR) is 80.7 cm³/mol. The minimum atomic E-state index is -0.00777. The van der Waals surface area contributed by atoms with Gasteiger partial charge < -0.3 is 10.6 Å². The molecule has 102 valence electrons. The lowest BCUT2D eigenvalue weighted by atomic mass is 10.2. The normalized spacial score (nSPS) is 14.1. The van der Waals surface area contributed by atoms with Crippen LogP contribution in [0.1, 0.15) is 17.9 Å². The van der Waals surface area contributed by atoms with Crippen LogP contribution in [0.3, 0.4) is 0 Å². The second-order valence-corrected chi connectivity index (χ2v) is 6.74. The van der Waals surface area contributed by atoms with Crippen molar-refractivity contribution >= 4 is 28.2 Å². The number of thioether (sulfide) groups is 1. The van der Waals surface area contributed by atoms with E-state index >= 15 is 0 Å². The van der Waals surface area contributed by atoms with Gasteiger partial charge in [-0.15, -0.1) is 10.2 Å². The topological polar surface area (TPSA) is 67.9 Å². The van der Waals surface area contributed by atoms with Gasteiger partial charge in [0.05, 0.1) is 10.9 Å². The van der Waals surface area contributed by atoms with Crippen molar-refractivity contribution < 1.29 is 0 Å². The van der Waals surface area contributed by atoms with Gasteiger partial charge in [-0.2, -0.15) is 0 Å². The number of hydrogen-bond donors (Lipinski definition) is 1. The Balaban J connectivity index is 2.17. The molecule has 5 nitrogen and oxygen atoms in total. The van der Waals surface area contributed by atoms with E-state index in [0.29, 0.717) is 0 Å². The van der Waals surface area contributed by atoms with Crippen LogP contribution in [0.15, 0.2) is 28.7 Å². The van der Waals surface area contributed by atoms with Gasteiger partial charge in [0.15, 0.2) is 4.34 Å². The summed E-state index contributed by atoms with van der Waals surface area (Å²) in [6.07, 6.45) is 1.79. The lowest BCUT2D eigenvalue weighted by Gasteiger charge is -2.17. The van der Waals surface area contributed by atoms with Gasteiger partial charge in [0, 0.05) is 26.3 Å². The van der Waals surface area contributed by atoms with E-state index in [1.807, 2.05) is 44.1 Å². The van der Waals surface area contributed by atoms with Gasteiger partial charge in [0.25, 0.3) is 0 Å². The Morgan fingerprint density at radius 2 is 2.11 bits per heavy atom. The Kier molecular flexibility index (Phi) is 4.73. The molecule has 0 fully saturated rings. The van der Waals surface area contributed by atoms with E-state index in [2.05, 4.69) is 15.2 Å². The molecule has 2 heterocycles. The van der Waals surface area contributed by atoms with Crippen LogP contribution < -0.4 is 10.6 Å². The van der Waals surface area contributed by atoms with Gasteiger partial charge in [-0.05, 0) is 19.1 Å². The molecule has 7 heteroatoms. The number of anilines is 1. The minimum absolute atomic E-state index is 0.00777. The fourth-order valence-electron chi connectivity index (χ4n) is 1.52. The minimum Gasteiger partial charge on any atom is -0.353 e. The van der Waals surface area contributed by atoms with Crippen LogP contribution in [0.4, 0.5) is 5.13 Å². The van der Waals surface area contributed by atoms with Crippen LogP contribution in [0.2, 0.25) is 0 Å². The summed E-state index contributed by atoms with van der Waals surface area (Å²) in [7, 11) is 3.91. The van der Waals surface area contributed by atoms with Gasteiger partial charge >= 0.3 is 0 Å². The lowest BCUT2D eigenvalue weighted by molar-refractivity contribution is 0.704. The first kappa shape index (κ1) is 14.2. The van der Waals surface area contributed by atoms with Crippen molar-refractivity contribution in [3.8, 4) is 0 Å². The van der Waals surface area contributed by atoms with Crippen molar-refractivity contribution in [1.82, 2.24) is 15.2 Å². The highest BCUT2D eigenvalue weighted by Gasteiger charge is 2.21. The maximum absolute atomic E-state index is 6.07. The zero-order valence-corrected chi connectivity index (χ0v) is 12.8. The summed E-state index contributed by atoms with van der Waals surface area (Å²) >= 11 is 3.18. The molecule has 0 radical (unpaired) electrons. The number of hydrogen-bond acceptors (Lipinski definition) is 7. The van der Waals surface area contributed by atoms with E-state index in [1.165, 1.54) is 0 Å². The molecule has 0 aliphatic heterocycles. The standard InChI is InChI=1S/C12H17N5S2/c1-8(13)10(9-6-4-5-7-14-9)18-12-16-15-11(19-12)17(2)3/h4-8,10H,13H2,1-3H3. The molecule has 2 rings (SSSR count). The summed E-state index contributed by atoms with van der Waals surface area (Å²) in [5.41, 5.74) is 7.04. The molecule has 0 aromatic carbocycles. The summed E-state index contributed by atoms with van der Waals surface area (Å²) in [5.74, 6) is 0. The highest BCUT2D eigenvalue weighted by atomic mass is 32.2. The first-order valence-corrected chi connectivity index (χ1v) is 7.61. The summed E-state index contributed by atoms with van der Waals surface area (Å²) in [6, 6.07) is 5.87. The fourth-order valence-corrected chi connectivity index (χ4v) is 3.53. The molecule has 0 bridgehead atoms. The summed E-state index contributed by atoms with van der Waals surface area (Å²) < 4.78 is 0.914. The maximum Gasteiger partial charge on any atom is 0.208 e. The molecular weight excluding hydrogens is 278 g/mol. The zero-order valence-electron chi connectivity index (χ0n) is 11.1. The number of aromatic nitrogens is 3. The van der Waals surface area contributed by atoms with Crippen LogP contribution in [-0.4, -0.2) is 35.3 Å². The Morgan fingerprint density at radius 3 is 2.63 bits per heavy atom. The van der Waals surface area contributed by atoms with Crippen LogP contribution in [0.25, 0.3) is 0 Å². The number of nitrogens with two attached hydrogens (primary N) is 1. The summed E-state index contributed by atoms with van der Waals surface area (Å²) in [5, 5.41) is 9.31. The molecule has 2 aromatic heterocycles. The molecule has 0 aliphatic carbocycles. The number of rotatable bonds is 5. The number of nitrogens with zero attached hydrogens (tertiary/aromatic N) is 4. The van der Waals surface area contributed by atoms with Gasteiger partial charge in [0.1, 0.15) is 0 Å². The molecule has 0 saturated heterocycles. The second-order valence-electron chi connectivity index (χ2n) is 4.40. The fraction of sp³-hybridized carbons (Fsp3) is 0.417. The van der Waals surface area contributed by atoms with Crippen molar-refractivity contribution in [1.29, 1.82) is 0 Å². The van der Waals surface area contributed by atoms with Gasteiger partial charge in [0.2, 0.25) is 5.13 Å². The zero-order chi connectivity index (χ0) is 13.8. The van der Waals surface area contributed by atoms with Gasteiger partial charge in [-0.25, -0.2) is 0 Å². The average molecular weight is 295 g/mol. The van der Waals surface area contributed by atoms with Crippen LogP contribution >= 0.6 is 23.1 Å². The maximum atomic E-state index is 6.07. The first-order valence-electron chi connectivity index (χ1n) is 5.92. The highest BCUT2D eigenvalue weighted by molar-refractivity contribution is 8.01. The van der Waals surface area contributed by atoms with Crippen molar-refractivity contribution in [2.24, 2.45) is 5.73 Å². The quantitative estimate of drug-likeness (QED) is 0.853. The Bertz CT molecular complexity index is 512. The molecule has 2 N–H and O–H groups in total. The third-order valence-corrected chi connectivity index (χ3v) is 5.10. The van der Waals surface area contributed by atoms with Crippen molar-refractivity contribution in [2.75, 3.05) is 19.0 Å². The Labute approximate surface area is 121 Å². The number of pyridine rings is 1. The molecule has 0 saturated carbocycles. The third-order valence-electron chi connectivity index (χ3n) is 2.46. The van der Waals surface area contributed by atoms with Crippen molar-refractivity contribution in [3.63, 3.8) is 0 Å². The van der Waals surface area contributed by atoms with E-state index < -0.39 is 0 Å². The van der Waals surface area contributed by atoms with E-state index in [0.717, 1.165) is 15.2 Å². The summed E-state index contributed by atoms with van der Waals surface area (Å²) in [4.78, 5) is 6.33. The molecule has 19 heavy (non-hydrogen) atoms. The van der Waals surface area contributed by atoms with E-state index in [9.17, 15) is 0 Å². The van der Waals surface area contributed by atoms with Crippen LogP contribution in [-0.2, 0) is 0 Å². The van der Waals surface area contributed by atoms with Crippen LogP contribution in [0, 0.1) is 0 Å². The highest BCUT2D eigenvalue weighted by Crippen LogP contribution is 2.38.